The van der Waals surface area contributed by atoms with E-state index in [0.717, 1.165) is 35.2 Å². The number of hydrogen-bond donors (Lipinski definition) is 1. The molecule has 0 atom stereocenters. The molecule has 0 radical (unpaired) electrons. The molecule has 1 aliphatic rings. The molecule has 25 heavy (non-hydrogen) atoms. The van der Waals surface area contributed by atoms with Gasteiger partial charge < -0.3 is 4.74 Å². The van der Waals surface area contributed by atoms with E-state index in [2.05, 4.69) is 21.3 Å². The van der Waals surface area contributed by atoms with Gasteiger partial charge in [-0.15, -0.1) is 0 Å². The molecule has 1 aliphatic carbocycles. The van der Waals surface area contributed by atoms with Crippen molar-refractivity contribution in [2.45, 2.75) is 31.8 Å². The SMILES string of the molecule is N#Cc1cncc(Cc2n[nH]c(=O)c3ccc(OC4CCC4)cc23)c1. The van der Waals surface area contributed by atoms with Gasteiger partial charge in [-0.2, -0.15) is 10.4 Å². The first kappa shape index (κ1) is 15.3. The molecule has 4 rings (SSSR count). The number of hydrogen-bond acceptors (Lipinski definition) is 5. The summed E-state index contributed by atoms with van der Waals surface area (Å²) in [6.45, 7) is 0. The lowest BCUT2D eigenvalue weighted by atomic mass is 9.96. The molecule has 1 aromatic carbocycles. The summed E-state index contributed by atoms with van der Waals surface area (Å²) in [5, 5.41) is 17.1. The van der Waals surface area contributed by atoms with E-state index in [1.165, 1.54) is 12.6 Å². The van der Waals surface area contributed by atoms with Crippen LogP contribution in [0.3, 0.4) is 0 Å². The Kier molecular flexibility index (Phi) is 3.90. The Morgan fingerprint density at radius 3 is 2.88 bits per heavy atom. The van der Waals surface area contributed by atoms with Crippen LogP contribution in [-0.4, -0.2) is 21.3 Å². The van der Waals surface area contributed by atoms with Gasteiger partial charge in [0.05, 0.1) is 22.7 Å². The van der Waals surface area contributed by atoms with Crippen LogP contribution in [0.25, 0.3) is 10.8 Å². The second kappa shape index (κ2) is 6.36. The molecule has 0 aliphatic heterocycles. The van der Waals surface area contributed by atoms with Gasteiger partial charge in [-0.1, -0.05) is 0 Å². The predicted octanol–water partition coefficient (Wildman–Crippen LogP) is 2.71. The van der Waals surface area contributed by atoms with Crippen molar-refractivity contribution in [1.29, 1.82) is 5.26 Å². The minimum atomic E-state index is -0.224. The molecule has 0 amide bonds. The number of H-pyrrole nitrogens is 1. The second-order valence-electron chi connectivity index (χ2n) is 6.25. The first-order valence-electron chi connectivity index (χ1n) is 8.25. The van der Waals surface area contributed by atoms with Crippen LogP contribution in [0, 0.1) is 11.3 Å². The number of fused-ring (bicyclic) bond motifs is 1. The number of nitriles is 1. The van der Waals surface area contributed by atoms with Crippen LogP contribution in [0.4, 0.5) is 0 Å². The van der Waals surface area contributed by atoms with Gasteiger partial charge in [-0.25, -0.2) is 5.10 Å². The highest BCUT2D eigenvalue weighted by molar-refractivity contribution is 5.85. The molecule has 0 unspecified atom stereocenters. The second-order valence-corrected chi connectivity index (χ2v) is 6.25. The molecule has 0 saturated heterocycles. The molecule has 6 heteroatoms. The Labute approximate surface area is 144 Å². The minimum Gasteiger partial charge on any atom is -0.490 e. The Balaban J connectivity index is 1.73. The van der Waals surface area contributed by atoms with E-state index < -0.39 is 0 Å². The van der Waals surface area contributed by atoms with Gasteiger partial charge in [0, 0.05) is 24.2 Å². The summed E-state index contributed by atoms with van der Waals surface area (Å²) in [4.78, 5) is 16.1. The van der Waals surface area contributed by atoms with E-state index >= 15 is 0 Å². The van der Waals surface area contributed by atoms with Gasteiger partial charge >= 0.3 is 0 Å². The van der Waals surface area contributed by atoms with Crippen LogP contribution >= 0.6 is 0 Å². The molecule has 2 aromatic heterocycles. The Bertz CT molecular complexity index is 1030. The molecule has 6 nitrogen and oxygen atoms in total. The molecule has 1 saturated carbocycles. The maximum Gasteiger partial charge on any atom is 0.272 e. The number of rotatable bonds is 4. The number of nitrogens with one attached hydrogen (secondary N) is 1. The van der Waals surface area contributed by atoms with E-state index in [0.29, 0.717) is 17.4 Å². The van der Waals surface area contributed by atoms with Crippen LogP contribution in [0.5, 0.6) is 5.75 Å². The zero-order chi connectivity index (χ0) is 17.2. The monoisotopic (exact) mass is 332 g/mol. The minimum absolute atomic E-state index is 0.224. The third kappa shape index (κ3) is 3.09. The summed E-state index contributed by atoms with van der Waals surface area (Å²) < 4.78 is 5.94. The van der Waals surface area contributed by atoms with Gasteiger partial charge in [0.1, 0.15) is 11.8 Å². The highest BCUT2D eigenvalue weighted by atomic mass is 16.5. The van der Waals surface area contributed by atoms with Gasteiger partial charge in [-0.3, -0.25) is 9.78 Å². The number of benzene rings is 1. The molecular formula is C19H16N4O2. The van der Waals surface area contributed by atoms with E-state index in [1.54, 1.807) is 18.3 Å². The molecule has 1 N–H and O–H groups in total. The third-order valence-corrected chi connectivity index (χ3v) is 4.49. The fourth-order valence-corrected chi connectivity index (χ4v) is 2.93. The van der Waals surface area contributed by atoms with Crippen LogP contribution in [0.1, 0.15) is 36.1 Å². The van der Waals surface area contributed by atoms with Crippen LogP contribution in [-0.2, 0) is 6.42 Å². The van der Waals surface area contributed by atoms with Crippen molar-refractivity contribution < 1.29 is 4.74 Å². The average Bonchev–Trinajstić information content (AvgIpc) is 2.61. The normalized spacial score (nSPS) is 14.0. The summed E-state index contributed by atoms with van der Waals surface area (Å²) in [7, 11) is 0. The summed E-state index contributed by atoms with van der Waals surface area (Å²) in [6, 6.07) is 9.35. The number of ether oxygens (including phenoxy) is 1. The van der Waals surface area contributed by atoms with Gasteiger partial charge in [0.15, 0.2) is 0 Å². The quantitative estimate of drug-likeness (QED) is 0.793. The predicted molar refractivity (Wildman–Crippen MR) is 92.4 cm³/mol. The lowest BCUT2D eigenvalue weighted by Gasteiger charge is -2.26. The first-order valence-corrected chi connectivity index (χ1v) is 8.25. The molecular weight excluding hydrogens is 316 g/mol. The van der Waals surface area contributed by atoms with Crippen LogP contribution in [0.2, 0.25) is 0 Å². The van der Waals surface area contributed by atoms with Crippen molar-refractivity contribution in [3.8, 4) is 11.8 Å². The number of aromatic amines is 1. The maximum atomic E-state index is 12.1. The lowest BCUT2D eigenvalue weighted by molar-refractivity contribution is 0.120. The lowest BCUT2D eigenvalue weighted by Crippen LogP contribution is -2.24. The largest absolute Gasteiger partial charge is 0.490 e. The first-order chi connectivity index (χ1) is 12.2. The van der Waals surface area contributed by atoms with Crippen LogP contribution < -0.4 is 10.3 Å². The number of aromatic nitrogens is 3. The van der Waals surface area contributed by atoms with E-state index in [4.69, 9.17) is 10.00 Å². The Hall–Kier alpha value is -3.20. The van der Waals surface area contributed by atoms with Crippen LogP contribution in [0.15, 0.2) is 41.5 Å². The summed E-state index contributed by atoms with van der Waals surface area (Å²) in [5.74, 6) is 0.759. The Morgan fingerprint density at radius 1 is 1.24 bits per heavy atom. The fourth-order valence-electron chi connectivity index (χ4n) is 2.93. The van der Waals surface area contributed by atoms with Crippen molar-refractivity contribution >= 4 is 10.8 Å². The fraction of sp³-hybridized carbons (Fsp3) is 0.263. The molecule has 1 fully saturated rings. The molecule has 0 spiro atoms. The van der Waals surface area contributed by atoms with Crippen molar-refractivity contribution in [2.24, 2.45) is 0 Å². The summed E-state index contributed by atoms with van der Waals surface area (Å²) in [5.41, 5.74) is 1.87. The molecule has 2 heterocycles. The zero-order valence-corrected chi connectivity index (χ0v) is 13.5. The maximum absolute atomic E-state index is 12.1. The van der Waals surface area contributed by atoms with Crippen molar-refractivity contribution in [3.05, 3.63) is 63.8 Å². The number of nitrogens with zero attached hydrogens (tertiary/aromatic N) is 3. The van der Waals surface area contributed by atoms with E-state index in [1.807, 2.05) is 12.1 Å². The molecule has 124 valence electrons. The van der Waals surface area contributed by atoms with Gasteiger partial charge in [-0.05, 0) is 49.1 Å². The zero-order valence-electron chi connectivity index (χ0n) is 13.5. The van der Waals surface area contributed by atoms with Gasteiger partial charge in [0.25, 0.3) is 5.56 Å². The highest BCUT2D eigenvalue weighted by Gasteiger charge is 2.19. The number of pyridine rings is 1. The molecule has 3 aromatic rings. The topological polar surface area (TPSA) is 91.7 Å². The summed E-state index contributed by atoms with van der Waals surface area (Å²) in [6.07, 6.45) is 7.32. The smallest absolute Gasteiger partial charge is 0.272 e. The highest BCUT2D eigenvalue weighted by Crippen LogP contribution is 2.28. The third-order valence-electron chi connectivity index (χ3n) is 4.49. The standard InChI is InChI=1S/C19H16N4O2/c20-9-13-6-12(10-21-11-13)7-18-17-8-15(25-14-2-1-3-14)4-5-16(17)19(24)23-22-18/h4-6,8,10-11,14H,1-3,7H2,(H,23,24). The van der Waals surface area contributed by atoms with E-state index in [9.17, 15) is 4.79 Å². The van der Waals surface area contributed by atoms with E-state index in [-0.39, 0.29) is 11.7 Å². The van der Waals surface area contributed by atoms with Crippen molar-refractivity contribution in [2.75, 3.05) is 0 Å². The Morgan fingerprint density at radius 2 is 2.12 bits per heavy atom. The summed E-state index contributed by atoms with van der Waals surface area (Å²) >= 11 is 0. The molecule has 0 bridgehead atoms. The van der Waals surface area contributed by atoms with Crippen molar-refractivity contribution in [3.63, 3.8) is 0 Å². The average molecular weight is 332 g/mol. The van der Waals surface area contributed by atoms with Crippen molar-refractivity contribution in [1.82, 2.24) is 15.2 Å². The van der Waals surface area contributed by atoms with Gasteiger partial charge in [0.2, 0.25) is 0 Å².